The van der Waals surface area contributed by atoms with Crippen molar-refractivity contribution in [2.24, 2.45) is 0 Å². The topological polar surface area (TPSA) is 102 Å². The van der Waals surface area contributed by atoms with Crippen LogP contribution in [0.3, 0.4) is 0 Å². The number of carbonyl (C=O) groups is 2. The van der Waals surface area contributed by atoms with Crippen LogP contribution in [0.1, 0.15) is 32.9 Å². The summed E-state index contributed by atoms with van der Waals surface area (Å²) in [5.74, 6) is -1.50. The highest BCUT2D eigenvalue weighted by Crippen LogP contribution is 2.08. The lowest BCUT2D eigenvalue weighted by Crippen LogP contribution is -2.42. The Bertz CT molecular complexity index is 436. The van der Waals surface area contributed by atoms with Gasteiger partial charge < -0.3 is 19.7 Å². The third-order valence-corrected chi connectivity index (χ3v) is 2.41. The van der Waals surface area contributed by atoms with Gasteiger partial charge >= 0.3 is 5.97 Å². The van der Waals surface area contributed by atoms with Crippen molar-refractivity contribution >= 4 is 11.9 Å². The van der Waals surface area contributed by atoms with Crippen LogP contribution >= 0.6 is 0 Å². The van der Waals surface area contributed by atoms with E-state index in [-0.39, 0.29) is 25.0 Å². The highest BCUT2D eigenvalue weighted by molar-refractivity contribution is 5.84. The maximum absolute atomic E-state index is 11.7. The number of aliphatic carboxylic acids is 1. The summed E-state index contributed by atoms with van der Waals surface area (Å²) in [6.07, 6.45) is 1.55. The van der Waals surface area contributed by atoms with E-state index in [2.05, 4.69) is 15.0 Å². The lowest BCUT2D eigenvalue weighted by atomic mass is 10.1. The number of hydrogen-bond acceptors (Lipinski definition) is 5. The van der Waals surface area contributed by atoms with Gasteiger partial charge in [-0.15, -0.1) is 0 Å². The van der Waals surface area contributed by atoms with E-state index >= 15 is 0 Å². The minimum absolute atomic E-state index is 0.0135. The van der Waals surface area contributed by atoms with Gasteiger partial charge in [0.1, 0.15) is 12.3 Å². The summed E-state index contributed by atoms with van der Waals surface area (Å²) in [4.78, 5) is 22.8. The number of nitrogens with one attached hydrogen (secondary N) is 1. The van der Waals surface area contributed by atoms with E-state index in [4.69, 9.17) is 9.84 Å². The molecule has 1 rings (SSSR count). The molecule has 7 nitrogen and oxygen atoms in total. The highest BCUT2D eigenvalue weighted by Gasteiger charge is 2.21. The summed E-state index contributed by atoms with van der Waals surface area (Å²) in [5.41, 5.74) is 0.117. The molecule has 0 aliphatic carbocycles. The number of nitrogens with zero attached hydrogens (tertiary/aromatic N) is 1. The lowest BCUT2D eigenvalue weighted by molar-refractivity contribution is -0.142. The molecule has 0 aliphatic rings. The van der Waals surface area contributed by atoms with Gasteiger partial charge in [0.05, 0.1) is 17.7 Å². The molecule has 0 aromatic carbocycles. The van der Waals surface area contributed by atoms with Crippen LogP contribution in [-0.4, -0.2) is 40.4 Å². The fourth-order valence-electron chi connectivity index (χ4n) is 1.48. The zero-order chi connectivity index (χ0) is 15.2. The standard InChI is InChI=1S/C13H20N2O5/c1-13(2,3)19-6-5-10(12(17)18)14-11(16)8-9-4-7-20-15-9/h4,7,10H,5-6,8H2,1-3H3,(H,14,16)(H,17,18). The molecule has 0 fully saturated rings. The molecule has 2 N–H and O–H groups in total. The Morgan fingerprint density at radius 2 is 2.20 bits per heavy atom. The molecular formula is C13H20N2O5. The zero-order valence-electron chi connectivity index (χ0n) is 11.9. The molecule has 0 aliphatic heterocycles. The first kappa shape index (κ1) is 16.2. The highest BCUT2D eigenvalue weighted by atomic mass is 16.5. The molecule has 7 heteroatoms. The summed E-state index contributed by atoms with van der Waals surface area (Å²) in [6, 6.07) is 0.578. The van der Waals surface area contributed by atoms with Crippen LogP contribution < -0.4 is 5.32 Å². The third-order valence-electron chi connectivity index (χ3n) is 2.41. The zero-order valence-corrected chi connectivity index (χ0v) is 11.9. The van der Waals surface area contributed by atoms with Crippen LogP contribution in [0.2, 0.25) is 0 Å². The monoisotopic (exact) mass is 284 g/mol. The first-order valence-electron chi connectivity index (χ1n) is 6.33. The smallest absolute Gasteiger partial charge is 0.326 e. The molecule has 0 bridgehead atoms. The van der Waals surface area contributed by atoms with Gasteiger partial charge in [0.2, 0.25) is 5.91 Å². The molecule has 1 aromatic heterocycles. The molecule has 20 heavy (non-hydrogen) atoms. The Kier molecular flexibility index (Phi) is 5.69. The van der Waals surface area contributed by atoms with Crippen LogP contribution in [0.4, 0.5) is 0 Å². The maximum Gasteiger partial charge on any atom is 0.326 e. The van der Waals surface area contributed by atoms with E-state index in [0.717, 1.165) is 0 Å². The first-order valence-corrected chi connectivity index (χ1v) is 6.33. The van der Waals surface area contributed by atoms with Gasteiger partial charge in [-0.05, 0) is 20.8 Å². The quantitative estimate of drug-likeness (QED) is 0.774. The predicted octanol–water partition coefficient (Wildman–Crippen LogP) is 0.992. The number of hydrogen-bond donors (Lipinski definition) is 2. The van der Waals surface area contributed by atoms with E-state index in [1.165, 1.54) is 6.26 Å². The molecular weight excluding hydrogens is 264 g/mol. The minimum Gasteiger partial charge on any atom is -0.480 e. The Balaban J connectivity index is 2.42. The van der Waals surface area contributed by atoms with Gasteiger partial charge in [0.15, 0.2) is 0 Å². The number of aromatic nitrogens is 1. The van der Waals surface area contributed by atoms with Gasteiger partial charge in [-0.25, -0.2) is 4.79 Å². The summed E-state index contributed by atoms with van der Waals surface area (Å²) in [7, 11) is 0. The number of carboxylic acids is 1. The number of carboxylic acid groups (broad SMARTS) is 1. The minimum atomic E-state index is -1.09. The maximum atomic E-state index is 11.7. The molecule has 1 aromatic rings. The van der Waals surface area contributed by atoms with E-state index in [9.17, 15) is 9.59 Å². The van der Waals surface area contributed by atoms with E-state index in [1.54, 1.807) is 6.07 Å². The van der Waals surface area contributed by atoms with Crippen molar-refractivity contribution in [3.05, 3.63) is 18.0 Å². The predicted molar refractivity (Wildman–Crippen MR) is 70.1 cm³/mol. The van der Waals surface area contributed by atoms with Crippen molar-refractivity contribution in [3.8, 4) is 0 Å². The summed E-state index contributed by atoms with van der Waals surface area (Å²) >= 11 is 0. The van der Waals surface area contributed by atoms with Crippen LogP contribution in [0.5, 0.6) is 0 Å². The summed E-state index contributed by atoms with van der Waals surface area (Å²) < 4.78 is 10.1. The van der Waals surface area contributed by atoms with Crippen molar-refractivity contribution in [3.63, 3.8) is 0 Å². The Morgan fingerprint density at radius 1 is 1.50 bits per heavy atom. The fraction of sp³-hybridized carbons (Fsp3) is 0.615. The molecule has 1 atom stereocenters. The van der Waals surface area contributed by atoms with Gasteiger partial charge in [-0.1, -0.05) is 5.16 Å². The Morgan fingerprint density at radius 3 is 2.70 bits per heavy atom. The van der Waals surface area contributed by atoms with Gasteiger partial charge in [-0.2, -0.15) is 0 Å². The second-order valence-corrected chi connectivity index (χ2v) is 5.38. The number of rotatable bonds is 7. The van der Waals surface area contributed by atoms with Crippen LogP contribution in [0.15, 0.2) is 16.9 Å². The normalized spacial score (nSPS) is 12.9. The summed E-state index contributed by atoms with van der Waals surface area (Å²) in [6.45, 7) is 5.90. The van der Waals surface area contributed by atoms with Crippen LogP contribution in [0.25, 0.3) is 0 Å². The van der Waals surface area contributed by atoms with E-state index < -0.39 is 17.9 Å². The molecule has 0 saturated carbocycles. The molecule has 1 amide bonds. The fourth-order valence-corrected chi connectivity index (χ4v) is 1.48. The second-order valence-electron chi connectivity index (χ2n) is 5.38. The SMILES string of the molecule is CC(C)(C)OCCC(NC(=O)Cc1ccon1)C(=O)O. The van der Waals surface area contributed by atoms with Gasteiger partial charge in [-0.3, -0.25) is 4.79 Å². The number of carbonyl (C=O) groups excluding carboxylic acids is 1. The molecule has 0 spiro atoms. The second kappa shape index (κ2) is 7.04. The first-order chi connectivity index (χ1) is 9.28. The summed E-state index contributed by atoms with van der Waals surface area (Å²) in [5, 5.41) is 15.1. The Hall–Kier alpha value is -1.89. The molecule has 1 heterocycles. The van der Waals surface area contributed by atoms with Crippen molar-refractivity contribution in [2.45, 2.75) is 45.3 Å². The van der Waals surface area contributed by atoms with Crippen molar-refractivity contribution in [2.75, 3.05) is 6.61 Å². The van der Waals surface area contributed by atoms with Crippen molar-refractivity contribution < 1.29 is 24.0 Å². The van der Waals surface area contributed by atoms with Crippen LogP contribution in [-0.2, 0) is 20.7 Å². The van der Waals surface area contributed by atoms with E-state index in [0.29, 0.717) is 5.69 Å². The molecule has 112 valence electrons. The van der Waals surface area contributed by atoms with Crippen molar-refractivity contribution in [1.29, 1.82) is 0 Å². The van der Waals surface area contributed by atoms with E-state index in [1.807, 2.05) is 20.8 Å². The Labute approximate surface area is 117 Å². The molecule has 0 saturated heterocycles. The third kappa shape index (κ3) is 6.33. The molecule has 0 radical (unpaired) electrons. The van der Waals surface area contributed by atoms with Crippen molar-refractivity contribution in [1.82, 2.24) is 10.5 Å². The van der Waals surface area contributed by atoms with Gasteiger partial charge in [0.25, 0.3) is 0 Å². The lowest BCUT2D eigenvalue weighted by Gasteiger charge is -2.21. The van der Waals surface area contributed by atoms with Crippen LogP contribution in [0, 0.1) is 0 Å². The number of ether oxygens (including phenoxy) is 1. The largest absolute Gasteiger partial charge is 0.480 e. The average molecular weight is 284 g/mol. The molecule has 1 unspecified atom stereocenters. The number of amides is 1. The van der Waals surface area contributed by atoms with Gasteiger partial charge in [0, 0.05) is 19.1 Å². The average Bonchev–Trinajstić information content (AvgIpc) is 2.78.